The molecule has 0 spiro atoms. The van der Waals surface area contributed by atoms with Crippen LogP contribution in [0.5, 0.6) is 0 Å². The van der Waals surface area contributed by atoms with E-state index in [2.05, 4.69) is 9.97 Å². The Labute approximate surface area is 148 Å². The van der Waals surface area contributed by atoms with E-state index in [0.717, 1.165) is 5.56 Å². The molecule has 25 heavy (non-hydrogen) atoms. The van der Waals surface area contributed by atoms with E-state index >= 15 is 0 Å². The molecule has 0 aliphatic heterocycles. The van der Waals surface area contributed by atoms with Crippen molar-refractivity contribution in [3.63, 3.8) is 0 Å². The van der Waals surface area contributed by atoms with Crippen LogP contribution < -0.4 is 0 Å². The summed E-state index contributed by atoms with van der Waals surface area (Å²) in [6, 6.07) is 17.8. The predicted octanol–water partition coefficient (Wildman–Crippen LogP) is 3.18. The van der Waals surface area contributed by atoms with Crippen molar-refractivity contribution >= 4 is 10.0 Å². The molecule has 0 amide bonds. The first-order valence-electron chi connectivity index (χ1n) is 7.92. The number of nitrogens with zero attached hydrogens (tertiary/aromatic N) is 3. The van der Waals surface area contributed by atoms with Crippen LogP contribution >= 0.6 is 0 Å². The van der Waals surface area contributed by atoms with Gasteiger partial charge in [-0.25, -0.2) is 8.42 Å². The molecule has 0 bridgehead atoms. The third-order valence-electron chi connectivity index (χ3n) is 3.79. The second-order valence-corrected chi connectivity index (χ2v) is 7.67. The van der Waals surface area contributed by atoms with Crippen molar-refractivity contribution < 1.29 is 8.42 Å². The van der Waals surface area contributed by atoms with E-state index in [1.54, 1.807) is 48.8 Å². The molecule has 3 rings (SSSR count). The number of sulfonamides is 1. The highest BCUT2D eigenvalue weighted by molar-refractivity contribution is 7.89. The zero-order valence-corrected chi connectivity index (χ0v) is 14.7. The van der Waals surface area contributed by atoms with Crippen LogP contribution in [0.25, 0.3) is 0 Å². The third kappa shape index (κ3) is 4.29. The van der Waals surface area contributed by atoms with Crippen LogP contribution in [0.2, 0.25) is 0 Å². The van der Waals surface area contributed by atoms with E-state index in [1.165, 1.54) is 4.31 Å². The van der Waals surface area contributed by atoms with Crippen molar-refractivity contribution in [2.75, 3.05) is 0 Å². The smallest absolute Gasteiger partial charge is 0.243 e. The van der Waals surface area contributed by atoms with Gasteiger partial charge in [-0.2, -0.15) is 4.31 Å². The molecule has 2 heterocycles. The van der Waals surface area contributed by atoms with E-state index in [-0.39, 0.29) is 18.0 Å². The first-order valence-corrected chi connectivity index (χ1v) is 9.36. The molecule has 6 heteroatoms. The average Bonchev–Trinajstić information content (AvgIpc) is 2.63. The molecule has 2 aromatic heterocycles. The maximum Gasteiger partial charge on any atom is 0.243 e. The molecule has 0 fully saturated rings. The summed E-state index contributed by atoms with van der Waals surface area (Å²) in [6.45, 7) is 2.30. The molecule has 0 radical (unpaired) electrons. The van der Waals surface area contributed by atoms with Gasteiger partial charge >= 0.3 is 0 Å². The van der Waals surface area contributed by atoms with E-state index in [0.29, 0.717) is 11.4 Å². The van der Waals surface area contributed by atoms with Crippen LogP contribution in [0.4, 0.5) is 0 Å². The second-order valence-electron chi connectivity index (χ2n) is 5.73. The summed E-state index contributed by atoms with van der Waals surface area (Å²) in [5, 5.41) is 0. The summed E-state index contributed by atoms with van der Waals surface area (Å²) in [6.07, 6.45) is 3.32. The Kier molecular flexibility index (Phi) is 5.21. The second kappa shape index (κ2) is 7.55. The minimum absolute atomic E-state index is 0.188. The molecule has 0 saturated heterocycles. The normalized spacial score (nSPS) is 11.6. The van der Waals surface area contributed by atoms with Gasteiger partial charge in [0.1, 0.15) is 0 Å². The summed E-state index contributed by atoms with van der Waals surface area (Å²) in [5.41, 5.74) is 2.39. The van der Waals surface area contributed by atoms with Crippen LogP contribution in [-0.4, -0.2) is 22.7 Å². The molecule has 0 aliphatic rings. The largest absolute Gasteiger partial charge is 0.260 e. The van der Waals surface area contributed by atoms with Gasteiger partial charge in [-0.05, 0) is 43.3 Å². The van der Waals surface area contributed by atoms with Gasteiger partial charge in [-0.1, -0.05) is 29.8 Å². The van der Waals surface area contributed by atoms with Gasteiger partial charge in [0.25, 0.3) is 0 Å². The van der Waals surface area contributed by atoms with Gasteiger partial charge in [0.2, 0.25) is 10.0 Å². The zero-order chi connectivity index (χ0) is 17.7. The summed E-state index contributed by atoms with van der Waals surface area (Å²) in [7, 11) is -3.66. The van der Waals surface area contributed by atoms with E-state index in [1.807, 2.05) is 31.2 Å². The van der Waals surface area contributed by atoms with Gasteiger partial charge in [0.05, 0.1) is 29.4 Å². The standard InChI is InChI=1S/C19H19N3O2S/c1-16-8-10-19(11-9-16)25(23,24)22(14-17-6-2-4-12-20-17)15-18-7-3-5-13-21-18/h2-13H,14-15H2,1H3. The molecule has 5 nitrogen and oxygen atoms in total. The van der Waals surface area contributed by atoms with Gasteiger partial charge in [-0.3, -0.25) is 9.97 Å². The molecule has 3 aromatic rings. The van der Waals surface area contributed by atoms with Crippen molar-refractivity contribution in [3.8, 4) is 0 Å². The summed E-state index contributed by atoms with van der Waals surface area (Å²) in [4.78, 5) is 8.78. The molecule has 1 aromatic carbocycles. The van der Waals surface area contributed by atoms with Crippen molar-refractivity contribution in [1.82, 2.24) is 14.3 Å². The Morgan fingerprint density at radius 1 is 0.800 bits per heavy atom. The number of aryl methyl sites for hydroxylation is 1. The lowest BCUT2D eigenvalue weighted by atomic mass is 10.2. The molecular weight excluding hydrogens is 334 g/mol. The minimum atomic E-state index is -3.66. The van der Waals surface area contributed by atoms with Crippen LogP contribution in [0, 0.1) is 6.92 Å². The minimum Gasteiger partial charge on any atom is -0.260 e. The topological polar surface area (TPSA) is 63.2 Å². The van der Waals surface area contributed by atoms with Crippen molar-refractivity contribution in [1.29, 1.82) is 0 Å². The van der Waals surface area contributed by atoms with Gasteiger partial charge in [-0.15, -0.1) is 0 Å². The van der Waals surface area contributed by atoms with Gasteiger partial charge in [0, 0.05) is 12.4 Å². The van der Waals surface area contributed by atoms with Gasteiger partial charge < -0.3 is 0 Å². The lowest BCUT2D eigenvalue weighted by Crippen LogP contribution is -2.31. The van der Waals surface area contributed by atoms with Crippen LogP contribution in [0.1, 0.15) is 17.0 Å². The average molecular weight is 353 g/mol. The first kappa shape index (κ1) is 17.3. The van der Waals surface area contributed by atoms with Crippen molar-refractivity contribution in [2.45, 2.75) is 24.9 Å². The Morgan fingerprint density at radius 3 is 1.76 bits per heavy atom. The van der Waals surface area contributed by atoms with Crippen molar-refractivity contribution in [3.05, 3.63) is 90.0 Å². The third-order valence-corrected chi connectivity index (χ3v) is 5.59. The Bertz CT molecular complexity index is 870. The number of hydrogen-bond donors (Lipinski definition) is 0. The SMILES string of the molecule is Cc1ccc(S(=O)(=O)N(Cc2ccccn2)Cc2ccccn2)cc1. The van der Waals surface area contributed by atoms with Crippen LogP contribution in [0.15, 0.2) is 78.0 Å². The summed E-state index contributed by atoms with van der Waals surface area (Å²) >= 11 is 0. The monoisotopic (exact) mass is 353 g/mol. The van der Waals surface area contributed by atoms with Crippen LogP contribution in [0.3, 0.4) is 0 Å². The number of pyridine rings is 2. The number of hydrogen-bond acceptors (Lipinski definition) is 4. The van der Waals surface area contributed by atoms with E-state index in [9.17, 15) is 8.42 Å². The highest BCUT2D eigenvalue weighted by Crippen LogP contribution is 2.20. The summed E-state index contributed by atoms with van der Waals surface area (Å²) in [5.74, 6) is 0. The van der Waals surface area contributed by atoms with E-state index < -0.39 is 10.0 Å². The number of rotatable bonds is 6. The quantitative estimate of drug-likeness (QED) is 0.683. The van der Waals surface area contributed by atoms with E-state index in [4.69, 9.17) is 0 Å². The molecular formula is C19H19N3O2S. The molecule has 128 valence electrons. The summed E-state index contributed by atoms with van der Waals surface area (Å²) < 4.78 is 27.7. The Balaban J connectivity index is 1.95. The molecule has 0 N–H and O–H groups in total. The number of aromatic nitrogens is 2. The maximum absolute atomic E-state index is 13.1. The highest BCUT2D eigenvalue weighted by Gasteiger charge is 2.25. The predicted molar refractivity (Wildman–Crippen MR) is 96.1 cm³/mol. The zero-order valence-electron chi connectivity index (χ0n) is 13.9. The molecule has 0 atom stereocenters. The number of benzene rings is 1. The Morgan fingerprint density at radius 2 is 1.32 bits per heavy atom. The lowest BCUT2D eigenvalue weighted by molar-refractivity contribution is 0.393. The lowest BCUT2D eigenvalue weighted by Gasteiger charge is -2.21. The first-order chi connectivity index (χ1) is 12.1. The molecule has 0 aliphatic carbocycles. The molecule has 0 unspecified atom stereocenters. The molecule has 0 saturated carbocycles. The van der Waals surface area contributed by atoms with Gasteiger partial charge in [0.15, 0.2) is 0 Å². The van der Waals surface area contributed by atoms with Crippen molar-refractivity contribution in [2.24, 2.45) is 0 Å². The fraction of sp³-hybridized carbons (Fsp3) is 0.158. The maximum atomic E-state index is 13.1. The Hall–Kier alpha value is -2.57. The fourth-order valence-corrected chi connectivity index (χ4v) is 3.81. The fourth-order valence-electron chi connectivity index (χ4n) is 2.43. The van der Waals surface area contributed by atoms with Crippen LogP contribution in [-0.2, 0) is 23.1 Å². The highest BCUT2D eigenvalue weighted by atomic mass is 32.2.